The van der Waals surface area contributed by atoms with Gasteiger partial charge in [0.25, 0.3) is 5.91 Å². The third-order valence-electron chi connectivity index (χ3n) is 3.05. The van der Waals surface area contributed by atoms with Crippen LogP contribution in [0.5, 0.6) is 0 Å². The van der Waals surface area contributed by atoms with Crippen LogP contribution in [-0.4, -0.2) is 10.9 Å². The Kier molecular flexibility index (Phi) is 4.75. The lowest BCUT2D eigenvalue weighted by molar-refractivity contribution is 0.102. The molecule has 0 aliphatic rings. The highest BCUT2D eigenvalue weighted by Gasteiger charge is 2.14. The third kappa shape index (κ3) is 3.60. The number of benzene rings is 2. The Morgan fingerprint density at radius 3 is 2.78 bits per heavy atom. The maximum atomic E-state index is 13.1. The van der Waals surface area contributed by atoms with Crippen molar-refractivity contribution in [1.82, 2.24) is 4.98 Å². The number of carbonyl (C=O) groups excluding carboxylic acids is 1. The summed E-state index contributed by atoms with van der Waals surface area (Å²) in [5, 5.41) is 5.56. The van der Waals surface area contributed by atoms with Gasteiger partial charge < -0.3 is 0 Å². The van der Waals surface area contributed by atoms with Crippen molar-refractivity contribution in [1.29, 1.82) is 0 Å². The first-order valence-electron chi connectivity index (χ1n) is 6.51. The van der Waals surface area contributed by atoms with E-state index in [1.807, 2.05) is 23.6 Å². The summed E-state index contributed by atoms with van der Waals surface area (Å²) in [7, 11) is 0. The summed E-state index contributed by atoms with van der Waals surface area (Å²) in [5.41, 5.74) is 1.82. The number of amides is 1. The van der Waals surface area contributed by atoms with Gasteiger partial charge in [0, 0.05) is 20.4 Å². The van der Waals surface area contributed by atoms with Crippen molar-refractivity contribution in [2.24, 2.45) is 0 Å². The lowest BCUT2D eigenvalue weighted by Crippen LogP contribution is -2.12. The maximum Gasteiger partial charge on any atom is 0.258 e. The average Bonchev–Trinajstić information content (AvgIpc) is 2.95. The van der Waals surface area contributed by atoms with E-state index >= 15 is 0 Å². The molecule has 0 aliphatic carbocycles. The van der Waals surface area contributed by atoms with Gasteiger partial charge in [-0.1, -0.05) is 29.8 Å². The normalized spacial score (nSPS) is 10.6. The van der Waals surface area contributed by atoms with Crippen molar-refractivity contribution in [2.45, 2.75) is 0 Å². The summed E-state index contributed by atoms with van der Waals surface area (Å²) < 4.78 is 13.5. The van der Waals surface area contributed by atoms with Crippen molar-refractivity contribution in [3.05, 3.63) is 68.7 Å². The smallest absolute Gasteiger partial charge is 0.258 e. The molecule has 1 heterocycles. The fourth-order valence-corrected chi connectivity index (χ4v) is 3.43. The van der Waals surface area contributed by atoms with Gasteiger partial charge >= 0.3 is 0 Å². The Labute approximate surface area is 149 Å². The minimum Gasteiger partial charge on any atom is -0.298 e. The van der Waals surface area contributed by atoms with E-state index in [1.165, 1.54) is 29.5 Å². The minimum atomic E-state index is -0.413. The van der Waals surface area contributed by atoms with Crippen molar-refractivity contribution in [3.63, 3.8) is 0 Å². The van der Waals surface area contributed by atoms with Gasteiger partial charge in [0.1, 0.15) is 5.82 Å². The molecule has 0 radical (unpaired) electrons. The number of anilines is 1. The summed E-state index contributed by atoms with van der Waals surface area (Å²) in [5.74, 6) is -0.777. The molecule has 3 aromatic rings. The monoisotopic (exact) mass is 410 g/mol. The zero-order chi connectivity index (χ0) is 16.4. The molecule has 0 saturated heterocycles. The predicted molar refractivity (Wildman–Crippen MR) is 94.6 cm³/mol. The van der Waals surface area contributed by atoms with Gasteiger partial charge in [-0.05, 0) is 40.2 Å². The van der Waals surface area contributed by atoms with Crippen LogP contribution in [0.25, 0.3) is 11.3 Å². The number of halogens is 3. The lowest BCUT2D eigenvalue weighted by Gasteiger charge is -2.04. The van der Waals surface area contributed by atoms with Crippen LogP contribution in [0.1, 0.15) is 10.4 Å². The molecule has 1 amide bonds. The molecule has 0 fully saturated rings. The van der Waals surface area contributed by atoms with E-state index in [4.69, 9.17) is 11.6 Å². The van der Waals surface area contributed by atoms with Gasteiger partial charge in [0.05, 0.1) is 11.3 Å². The number of nitrogens with one attached hydrogen (secondary N) is 1. The number of rotatable bonds is 3. The first kappa shape index (κ1) is 16.1. The van der Waals surface area contributed by atoms with Crippen LogP contribution in [0, 0.1) is 5.82 Å². The van der Waals surface area contributed by atoms with Crippen LogP contribution in [-0.2, 0) is 0 Å². The van der Waals surface area contributed by atoms with Gasteiger partial charge in [-0.2, -0.15) is 0 Å². The molecule has 116 valence electrons. The first-order valence-corrected chi connectivity index (χ1v) is 8.56. The van der Waals surface area contributed by atoms with Gasteiger partial charge in [0.15, 0.2) is 5.13 Å². The Hall–Kier alpha value is -1.76. The second-order valence-corrected chi connectivity index (χ2v) is 6.72. The molecule has 1 N–H and O–H groups in total. The second-order valence-electron chi connectivity index (χ2n) is 4.60. The number of aromatic nitrogens is 1. The second kappa shape index (κ2) is 6.78. The molecule has 2 aromatic carbocycles. The Balaban J connectivity index is 1.82. The van der Waals surface area contributed by atoms with Crippen molar-refractivity contribution >= 4 is 49.9 Å². The van der Waals surface area contributed by atoms with E-state index in [1.54, 1.807) is 6.07 Å². The van der Waals surface area contributed by atoms with Crippen molar-refractivity contribution < 1.29 is 9.18 Å². The van der Waals surface area contributed by atoms with Gasteiger partial charge in [-0.25, -0.2) is 9.37 Å². The van der Waals surface area contributed by atoms with Crippen molar-refractivity contribution in [2.75, 3.05) is 5.32 Å². The third-order valence-corrected chi connectivity index (χ3v) is 4.79. The van der Waals surface area contributed by atoms with E-state index in [-0.39, 0.29) is 5.91 Å². The molecule has 0 saturated carbocycles. The SMILES string of the molecule is O=C(Nc1nc(-c2ccccc2Cl)cs1)c1ccc(F)cc1Br. The van der Waals surface area contributed by atoms with Crippen molar-refractivity contribution in [3.8, 4) is 11.3 Å². The molecule has 0 aliphatic heterocycles. The predicted octanol–water partition coefficient (Wildman–Crippen LogP) is 5.62. The Bertz CT molecular complexity index is 884. The fraction of sp³-hybridized carbons (Fsp3) is 0. The Morgan fingerprint density at radius 2 is 2.04 bits per heavy atom. The highest BCUT2D eigenvalue weighted by molar-refractivity contribution is 9.10. The van der Waals surface area contributed by atoms with Gasteiger partial charge in [-0.15, -0.1) is 11.3 Å². The maximum absolute atomic E-state index is 13.1. The standard InChI is InChI=1S/C16H9BrClFN2OS/c17-12-7-9(19)5-6-10(12)15(22)21-16-20-14(8-23-16)11-3-1-2-4-13(11)18/h1-8H,(H,20,21,22). The molecule has 3 rings (SSSR count). The number of carbonyl (C=O) groups is 1. The molecule has 0 spiro atoms. The zero-order valence-corrected chi connectivity index (χ0v) is 14.7. The molecule has 0 atom stereocenters. The Morgan fingerprint density at radius 1 is 1.26 bits per heavy atom. The largest absolute Gasteiger partial charge is 0.298 e. The molecule has 23 heavy (non-hydrogen) atoms. The van der Waals surface area contributed by atoms with E-state index < -0.39 is 5.82 Å². The highest BCUT2D eigenvalue weighted by atomic mass is 79.9. The van der Waals surface area contributed by atoms with Gasteiger partial charge in [0.2, 0.25) is 0 Å². The molecule has 3 nitrogen and oxygen atoms in total. The molecule has 0 bridgehead atoms. The summed E-state index contributed by atoms with van der Waals surface area (Å²) in [6.07, 6.45) is 0. The lowest BCUT2D eigenvalue weighted by atomic mass is 10.2. The average molecular weight is 412 g/mol. The van der Waals surface area contributed by atoms with Crippen LogP contribution in [0.2, 0.25) is 5.02 Å². The fourth-order valence-electron chi connectivity index (χ4n) is 1.96. The van der Waals surface area contributed by atoms with E-state index in [0.717, 1.165) is 5.56 Å². The summed E-state index contributed by atoms with van der Waals surface area (Å²) in [4.78, 5) is 16.6. The summed E-state index contributed by atoms with van der Waals surface area (Å²) in [6, 6.07) is 11.2. The van der Waals surface area contributed by atoms with E-state index in [2.05, 4.69) is 26.2 Å². The number of hydrogen-bond acceptors (Lipinski definition) is 3. The van der Waals surface area contributed by atoms with Crippen LogP contribution in [0.15, 0.2) is 52.3 Å². The highest BCUT2D eigenvalue weighted by Crippen LogP contribution is 2.30. The number of hydrogen-bond donors (Lipinski definition) is 1. The minimum absolute atomic E-state index is 0.334. The summed E-state index contributed by atoms with van der Waals surface area (Å²) in [6.45, 7) is 0. The number of thiazole rings is 1. The van der Waals surface area contributed by atoms with Gasteiger partial charge in [-0.3, -0.25) is 10.1 Å². The van der Waals surface area contributed by atoms with Crippen LogP contribution in [0.4, 0.5) is 9.52 Å². The quantitative estimate of drug-likeness (QED) is 0.608. The van der Waals surface area contributed by atoms with E-state index in [0.29, 0.717) is 25.9 Å². The number of nitrogens with zero attached hydrogens (tertiary/aromatic N) is 1. The topological polar surface area (TPSA) is 42.0 Å². The summed E-state index contributed by atoms with van der Waals surface area (Å²) >= 11 is 10.6. The first-order chi connectivity index (χ1) is 11.0. The molecule has 1 aromatic heterocycles. The molecule has 7 heteroatoms. The molecular formula is C16H9BrClFN2OS. The molecule has 0 unspecified atom stereocenters. The van der Waals surface area contributed by atoms with E-state index in [9.17, 15) is 9.18 Å². The van der Waals surface area contributed by atoms with Crippen LogP contribution < -0.4 is 5.32 Å². The zero-order valence-electron chi connectivity index (χ0n) is 11.5. The van der Waals surface area contributed by atoms with Crippen LogP contribution >= 0.6 is 38.9 Å². The molecular weight excluding hydrogens is 403 g/mol. The van der Waals surface area contributed by atoms with Crippen LogP contribution in [0.3, 0.4) is 0 Å².